The van der Waals surface area contributed by atoms with Crippen LogP contribution in [0.3, 0.4) is 0 Å². The van der Waals surface area contributed by atoms with Gasteiger partial charge in [0.15, 0.2) is 12.4 Å². The van der Waals surface area contributed by atoms with Crippen LogP contribution >= 0.6 is 0 Å². The molecule has 5 nitrogen and oxygen atoms in total. The van der Waals surface area contributed by atoms with E-state index in [0.29, 0.717) is 19.8 Å². The summed E-state index contributed by atoms with van der Waals surface area (Å²) in [5.74, 6) is -0.115. The second-order valence-corrected chi connectivity index (χ2v) is 4.53. The summed E-state index contributed by atoms with van der Waals surface area (Å²) in [5, 5.41) is 2.78. The number of carbonyl (C=O) groups is 1. The van der Waals surface area contributed by atoms with Crippen molar-refractivity contribution in [3.63, 3.8) is 0 Å². The second kappa shape index (κ2) is 7.38. The molecule has 20 heavy (non-hydrogen) atoms. The van der Waals surface area contributed by atoms with Crippen LogP contribution in [0.15, 0.2) is 30.3 Å². The molecule has 1 aromatic rings. The van der Waals surface area contributed by atoms with Gasteiger partial charge in [0, 0.05) is 13.2 Å². The highest BCUT2D eigenvalue weighted by Crippen LogP contribution is 2.19. The lowest BCUT2D eigenvalue weighted by Crippen LogP contribution is -2.68. The first-order valence-corrected chi connectivity index (χ1v) is 6.95. The van der Waals surface area contributed by atoms with Crippen LogP contribution in [0.1, 0.15) is 19.4 Å². The van der Waals surface area contributed by atoms with Gasteiger partial charge < -0.3 is 19.5 Å². The maximum absolute atomic E-state index is 11.6. The van der Waals surface area contributed by atoms with Crippen molar-refractivity contribution in [1.82, 2.24) is 5.32 Å². The molecular formula is C15H21NO4. The molecule has 1 fully saturated rings. The Labute approximate surface area is 119 Å². The highest BCUT2D eigenvalue weighted by atomic mass is 16.7. The SMILES string of the molecule is CCOC(OCC)[C@@H]1NC(=O)[C@@H]1OCc1ccccc1. The molecule has 5 heteroatoms. The van der Waals surface area contributed by atoms with E-state index >= 15 is 0 Å². The van der Waals surface area contributed by atoms with Gasteiger partial charge in [-0.2, -0.15) is 0 Å². The Balaban J connectivity index is 1.90. The summed E-state index contributed by atoms with van der Waals surface area (Å²) < 4.78 is 16.7. The number of nitrogens with one attached hydrogen (secondary N) is 1. The average Bonchev–Trinajstić information content (AvgIpc) is 2.46. The molecular weight excluding hydrogens is 258 g/mol. The molecule has 1 amide bonds. The average molecular weight is 279 g/mol. The quantitative estimate of drug-likeness (QED) is 0.578. The molecule has 0 aromatic heterocycles. The topological polar surface area (TPSA) is 56.8 Å². The van der Waals surface area contributed by atoms with Crippen molar-refractivity contribution >= 4 is 5.91 Å². The second-order valence-electron chi connectivity index (χ2n) is 4.53. The predicted octanol–water partition coefficient (Wildman–Crippen LogP) is 1.47. The smallest absolute Gasteiger partial charge is 0.252 e. The normalized spacial score (nSPS) is 21.6. The summed E-state index contributed by atoms with van der Waals surface area (Å²) in [4.78, 5) is 11.6. The maximum atomic E-state index is 11.6. The van der Waals surface area contributed by atoms with Crippen LogP contribution in [0.5, 0.6) is 0 Å². The van der Waals surface area contributed by atoms with Crippen LogP contribution in [0.4, 0.5) is 0 Å². The van der Waals surface area contributed by atoms with Crippen molar-refractivity contribution < 1.29 is 19.0 Å². The summed E-state index contributed by atoms with van der Waals surface area (Å²) in [7, 11) is 0. The van der Waals surface area contributed by atoms with E-state index in [4.69, 9.17) is 14.2 Å². The van der Waals surface area contributed by atoms with Crippen molar-refractivity contribution in [3.05, 3.63) is 35.9 Å². The standard InChI is InChI=1S/C15H21NO4/c1-3-18-15(19-4-2)12-13(14(17)16-12)20-10-11-8-6-5-7-9-11/h5-9,12-13,15H,3-4,10H2,1-2H3,(H,16,17)/t12-,13-/m1/s1. The van der Waals surface area contributed by atoms with Gasteiger partial charge in [0.2, 0.25) is 0 Å². The summed E-state index contributed by atoms with van der Waals surface area (Å²) >= 11 is 0. The third kappa shape index (κ3) is 3.56. The van der Waals surface area contributed by atoms with E-state index in [0.717, 1.165) is 5.56 Å². The molecule has 1 aromatic carbocycles. The van der Waals surface area contributed by atoms with Gasteiger partial charge >= 0.3 is 0 Å². The third-order valence-electron chi connectivity index (χ3n) is 3.12. The summed E-state index contributed by atoms with van der Waals surface area (Å²) in [5.41, 5.74) is 1.04. The zero-order chi connectivity index (χ0) is 14.4. The van der Waals surface area contributed by atoms with E-state index in [1.807, 2.05) is 44.2 Å². The number of carbonyl (C=O) groups excluding carboxylic acids is 1. The third-order valence-corrected chi connectivity index (χ3v) is 3.12. The number of amides is 1. The number of β-lactam (4-membered cyclic amide) rings is 1. The Hall–Kier alpha value is -1.43. The lowest BCUT2D eigenvalue weighted by molar-refractivity contribution is -0.202. The molecule has 1 aliphatic rings. The van der Waals surface area contributed by atoms with Gasteiger partial charge in [-0.3, -0.25) is 4.79 Å². The Bertz CT molecular complexity index is 417. The van der Waals surface area contributed by atoms with Crippen LogP contribution in [0, 0.1) is 0 Å². The van der Waals surface area contributed by atoms with Gasteiger partial charge in [0.1, 0.15) is 6.04 Å². The van der Waals surface area contributed by atoms with Gasteiger partial charge in [-0.1, -0.05) is 30.3 Å². The van der Waals surface area contributed by atoms with Crippen LogP contribution in [-0.4, -0.2) is 37.6 Å². The number of hydrogen-bond acceptors (Lipinski definition) is 4. The lowest BCUT2D eigenvalue weighted by Gasteiger charge is -2.40. The van der Waals surface area contributed by atoms with Gasteiger partial charge in [-0.05, 0) is 19.4 Å². The molecule has 1 aliphatic heterocycles. The minimum absolute atomic E-state index is 0.115. The molecule has 0 unspecified atom stereocenters. The van der Waals surface area contributed by atoms with Gasteiger partial charge in [0.25, 0.3) is 5.91 Å². The van der Waals surface area contributed by atoms with E-state index in [2.05, 4.69) is 5.32 Å². The zero-order valence-corrected chi connectivity index (χ0v) is 11.9. The molecule has 1 heterocycles. The number of ether oxygens (including phenoxy) is 3. The predicted molar refractivity (Wildman–Crippen MR) is 74.0 cm³/mol. The lowest BCUT2D eigenvalue weighted by atomic mass is 10.0. The minimum atomic E-state index is -0.515. The number of benzene rings is 1. The van der Waals surface area contributed by atoms with Crippen LogP contribution < -0.4 is 5.32 Å². The van der Waals surface area contributed by atoms with Crippen LogP contribution in [-0.2, 0) is 25.6 Å². The van der Waals surface area contributed by atoms with Crippen molar-refractivity contribution in [2.45, 2.75) is 38.9 Å². The number of hydrogen-bond donors (Lipinski definition) is 1. The minimum Gasteiger partial charge on any atom is -0.361 e. The van der Waals surface area contributed by atoms with Gasteiger partial charge in [0.05, 0.1) is 6.61 Å². The van der Waals surface area contributed by atoms with E-state index in [-0.39, 0.29) is 11.9 Å². The molecule has 0 saturated carbocycles. The first-order chi connectivity index (χ1) is 9.76. The van der Waals surface area contributed by atoms with Gasteiger partial charge in [-0.15, -0.1) is 0 Å². The fourth-order valence-corrected chi connectivity index (χ4v) is 2.12. The van der Waals surface area contributed by atoms with Crippen molar-refractivity contribution in [2.75, 3.05) is 13.2 Å². The summed E-state index contributed by atoms with van der Waals surface area (Å²) in [6.45, 7) is 5.25. The highest BCUT2D eigenvalue weighted by Gasteiger charge is 2.46. The Kier molecular flexibility index (Phi) is 5.52. The van der Waals surface area contributed by atoms with E-state index < -0.39 is 12.4 Å². The largest absolute Gasteiger partial charge is 0.361 e. The Morgan fingerprint density at radius 2 is 1.80 bits per heavy atom. The zero-order valence-electron chi connectivity index (χ0n) is 11.9. The van der Waals surface area contributed by atoms with E-state index in [1.165, 1.54) is 0 Å². The molecule has 110 valence electrons. The molecule has 1 saturated heterocycles. The first kappa shape index (κ1) is 15.0. The molecule has 2 rings (SSSR count). The molecule has 2 atom stereocenters. The summed E-state index contributed by atoms with van der Waals surface area (Å²) in [6, 6.07) is 9.52. The molecule has 0 aliphatic carbocycles. The fourth-order valence-electron chi connectivity index (χ4n) is 2.12. The van der Waals surface area contributed by atoms with Crippen LogP contribution in [0.25, 0.3) is 0 Å². The van der Waals surface area contributed by atoms with Crippen LogP contribution in [0.2, 0.25) is 0 Å². The van der Waals surface area contributed by atoms with E-state index in [9.17, 15) is 4.79 Å². The highest BCUT2D eigenvalue weighted by molar-refractivity contribution is 5.88. The monoisotopic (exact) mass is 279 g/mol. The molecule has 0 bridgehead atoms. The molecule has 0 spiro atoms. The van der Waals surface area contributed by atoms with Crippen molar-refractivity contribution in [1.29, 1.82) is 0 Å². The summed E-state index contributed by atoms with van der Waals surface area (Å²) in [6.07, 6.45) is -0.971. The molecule has 1 N–H and O–H groups in total. The molecule has 0 radical (unpaired) electrons. The van der Waals surface area contributed by atoms with Crippen molar-refractivity contribution in [2.24, 2.45) is 0 Å². The van der Waals surface area contributed by atoms with Gasteiger partial charge in [-0.25, -0.2) is 0 Å². The van der Waals surface area contributed by atoms with Crippen molar-refractivity contribution in [3.8, 4) is 0 Å². The fraction of sp³-hybridized carbons (Fsp3) is 0.533. The van der Waals surface area contributed by atoms with E-state index in [1.54, 1.807) is 0 Å². The first-order valence-electron chi connectivity index (χ1n) is 6.95. The Morgan fingerprint density at radius 3 is 2.35 bits per heavy atom. The Morgan fingerprint density at radius 1 is 1.15 bits per heavy atom. The maximum Gasteiger partial charge on any atom is 0.252 e. The number of rotatable bonds is 8.